The van der Waals surface area contributed by atoms with Crippen LogP contribution in [0.25, 0.3) is 5.69 Å². The highest BCUT2D eigenvalue weighted by molar-refractivity contribution is 5.95. The van der Waals surface area contributed by atoms with Crippen molar-refractivity contribution in [3.8, 4) is 5.69 Å². The number of carbonyl (C=O) groups excluding carboxylic acids is 3. The zero-order valence-corrected chi connectivity index (χ0v) is 15.4. The Bertz CT molecular complexity index is 951. The first kappa shape index (κ1) is 19.3. The second-order valence-corrected chi connectivity index (χ2v) is 6.59. The lowest BCUT2D eigenvalue weighted by molar-refractivity contribution is -0.139. The molecule has 2 atom stereocenters. The summed E-state index contributed by atoms with van der Waals surface area (Å²) in [5.41, 5.74) is 6.47. The van der Waals surface area contributed by atoms with Crippen LogP contribution in [-0.2, 0) is 14.4 Å². The number of likely N-dealkylation sites (tertiary alicyclic amines) is 1. The van der Waals surface area contributed by atoms with Crippen LogP contribution in [0.15, 0.2) is 53.5 Å². The molecule has 28 heavy (non-hydrogen) atoms. The van der Waals surface area contributed by atoms with E-state index in [0.717, 1.165) is 0 Å². The summed E-state index contributed by atoms with van der Waals surface area (Å²) in [5.74, 6) is -1.74. The van der Waals surface area contributed by atoms with Crippen molar-refractivity contribution in [1.82, 2.24) is 9.47 Å². The van der Waals surface area contributed by atoms with Gasteiger partial charge in [-0.1, -0.05) is 6.07 Å². The van der Waals surface area contributed by atoms with Crippen LogP contribution in [0.3, 0.4) is 0 Å². The molecule has 1 saturated heterocycles. The summed E-state index contributed by atoms with van der Waals surface area (Å²) in [4.78, 5) is 49.1. The van der Waals surface area contributed by atoms with Gasteiger partial charge in [-0.15, -0.1) is 0 Å². The minimum atomic E-state index is -0.894. The number of hydrogen-bond acceptors (Lipinski definition) is 4. The number of benzene rings is 1. The number of pyridine rings is 1. The molecule has 3 rings (SSSR count). The molecule has 0 bridgehead atoms. The molecule has 3 amide bonds. The lowest BCUT2D eigenvalue weighted by Gasteiger charge is -2.36. The number of primary amides is 1. The smallest absolute Gasteiger partial charge is 0.255 e. The van der Waals surface area contributed by atoms with E-state index in [4.69, 9.17) is 5.73 Å². The third-order valence-electron chi connectivity index (χ3n) is 4.70. The van der Waals surface area contributed by atoms with Gasteiger partial charge in [-0.05, 0) is 36.8 Å². The number of anilines is 1. The number of aromatic nitrogens is 1. The molecule has 3 N–H and O–H groups in total. The Hall–Kier alpha value is -3.42. The minimum absolute atomic E-state index is 0.149. The molecule has 1 aliphatic rings. The van der Waals surface area contributed by atoms with Gasteiger partial charge >= 0.3 is 0 Å². The molecular formula is C20H21N4O4. The molecule has 145 valence electrons. The van der Waals surface area contributed by atoms with E-state index in [-0.39, 0.29) is 23.9 Å². The van der Waals surface area contributed by atoms with Crippen LogP contribution in [0.5, 0.6) is 0 Å². The van der Waals surface area contributed by atoms with Crippen molar-refractivity contribution in [1.29, 1.82) is 0 Å². The third-order valence-corrected chi connectivity index (χ3v) is 4.70. The molecule has 0 aliphatic carbocycles. The van der Waals surface area contributed by atoms with E-state index >= 15 is 0 Å². The average Bonchev–Trinajstić information content (AvgIpc) is 2.68. The maximum absolute atomic E-state index is 12.6. The van der Waals surface area contributed by atoms with Crippen LogP contribution in [0, 0.1) is 12.3 Å². The summed E-state index contributed by atoms with van der Waals surface area (Å²) in [7, 11) is 0. The summed E-state index contributed by atoms with van der Waals surface area (Å²) in [6.07, 6.45) is 3.59. The summed E-state index contributed by atoms with van der Waals surface area (Å²) < 4.78 is 1.49. The molecule has 2 aromatic rings. The zero-order chi connectivity index (χ0) is 20.3. The van der Waals surface area contributed by atoms with E-state index in [1.54, 1.807) is 42.6 Å². The van der Waals surface area contributed by atoms with Crippen LogP contribution in [0.4, 0.5) is 5.69 Å². The summed E-state index contributed by atoms with van der Waals surface area (Å²) >= 11 is 0. The molecule has 1 aromatic heterocycles. The Morgan fingerprint density at radius 2 is 1.82 bits per heavy atom. The summed E-state index contributed by atoms with van der Waals surface area (Å²) in [6, 6.07) is 10.8. The average molecular weight is 381 g/mol. The topological polar surface area (TPSA) is 114 Å². The highest BCUT2D eigenvalue weighted by atomic mass is 16.2. The number of rotatable bonds is 4. The monoisotopic (exact) mass is 381 g/mol. The van der Waals surface area contributed by atoms with E-state index < -0.39 is 17.9 Å². The van der Waals surface area contributed by atoms with Crippen LogP contribution in [0.1, 0.15) is 13.3 Å². The Morgan fingerprint density at radius 1 is 1.11 bits per heavy atom. The second kappa shape index (κ2) is 8.08. The zero-order valence-electron chi connectivity index (χ0n) is 15.4. The van der Waals surface area contributed by atoms with Crippen molar-refractivity contribution in [3.05, 3.63) is 65.4 Å². The van der Waals surface area contributed by atoms with Gasteiger partial charge in [-0.3, -0.25) is 23.7 Å². The molecule has 8 nitrogen and oxygen atoms in total. The predicted octanol–water partition coefficient (Wildman–Crippen LogP) is 0.703. The first-order chi connectivity index (χ1) is 13.4. The van der Waals surface area contributed by atoms with Crippen LogP contribution in [0.2, 0.25) is 0 Å². The molecule has 1 aromatic carbocycles. The van der Waals surface area contributed by atoms with Gasteiger partial charge in [0.2, 0.25) is 17.7 Å². The molecule has 0 spiro atoms. The van der Waals surface area contributed by atoms with Crippen LogP contribution < -0.4 is 16.6 Å². The van der Waals surface area contributed by atoms with E-state index in [1.807, 2.05) is 0 Å². The molecular weight excluding hydrogens is 360 g/mol. The highest BCUT2D eigenvalue weighted by Crippen LogP contribution is 2.24. The summed E-state index contributed by atoms with van der Waals surface area (Å²) in [5, 5.41) is 2.80. The Kier molecular flexibility index (Phi) is 5.58. The van der Waals surface area contributed by atoms with Crippen molar-refractivity contribution in [2.75, 3.05) is 11.9 Å². The summed E-state index contributed by atoms with van der Waals surface area (Å²) in [6.45, 7) is 1.65. The van der Waals surface area contributed by atoms with Gasteiger partial charge in [0.15, 0.2) is 0 Å². The van der Waals surface area contributed by atoms with Crippen molar-refractivity contribution >= 4 is 23.4 Å². The van der Waals surface area contributed by atoms with E-state index in [2.05, 4.69) is 5.32 Å². The molecule has 8 heteroatoms. The Balaban J connectivity index is 1.68. The van der Waals surface area contributed by atoms with Crippen LogP contribution >= 0.6 is 0 Å². The van der Waals surface area contributed by atoms with Gasteiger partial charge in [0.25, 0.3) is 5.56 Å². The van der Waals surface area contributed by atoms with Crippen LogP contribution in [-0.4, -0.2) is 39.8 Å². The van der Waals surface area contributed by atoms with Gasteiger partial charge < -0.3 is 16.0 Å². The quantitative estimate of drug-likeness (QED) is 0.811. The number of nitrogens with zero attached hydrogens (tertiary/aromatic N) is 2. The maximum atomic E-state index is 12.6. The molecule has 1 fully saturated rings. The molecule has 2 heterocycles. The van der Waals surface area contributed by atoms with E-state index in [0.29, 0.717) is 17.8 Å². The fourth-order valence-electron chi connectivity index (χ4n) is 3.24. The lowest BCUT2D eigenvalue weighted by atomic mass is 9.89. The lowest BCUT2D eigenvalue weighted by Crippen LogP contribution is -2.53. The van der Waals surface area contributed by atoms with Gasteiger partial charge in [0, 0.05) is 49.4 Å². The normalized spacial score (nSPS) is 19.1. The predicted molar refractivity (Wildman–Crippen MR) is 103 cm³/mol. The van der Waals surface area contributed by atoms with Crippen molar-refractivity contribution in [2.45, 2.75) is 19.4 Å². The van der Waals surface area contributed by atoms with Gasteiger partial charge in [-0.25, -0.2) is 0 Å². The number of amides is 3. The largest absolute Gasteiger partial charge is 0.368 e. The molecule has 2 unspecified atom stereocenters. The van der Waals surface area contributed by atoms with Crippen molar-refractivity contribution < 1.29 is 14.4 Å². The maximum Gasteiger partial charge on any atom is 0.255 e. The third kappa shape index (κ3) is 4.11. The van der Waals surface area contributed by atoms with Gasteiger partial charge in [0.05, 0.1) is 0 Å². The number of carbonyl (C=O) groups is 3. The number of hydrogen-bond donors (Lipinski definition) is 2. The Morgan fingerprint density at radius 3 is 2.43 bits per heavy atom. The number of nitrogens with two attached hydrogens (primary N) is 1. The van der Waals surface area contributed by atoms with Crippen molar-refractivity contribution in [3.63, 3.8) is 0 Å². The van der Waals surface area contributed by atoms with Crippen molar-refractivity contribution in [2.24, 2.45) is 11.7 Å². The molecule has 1 aliphatic heterocycles. The number of piperidine rings is 1. The molecule has 1 radical (unpaired) electrons. The van der Waals surface area contributed by atoms with Gasteiger partial charge in [0.1, 0.15) is 6.04 Å². The van der Waals surface area contributed by atoms with E-state index in [9.17, 15) is 19.2 Å². The van der Waals surface area contributed by atoms with E-state index in [1.165, 1.54) is 28.9 Å². The second-order valence-electron chi connectivity index (χ2n) is 6.59. The standard InChI is InChI=1S/C20H21N4O4/c1-13(25)23-11-9-14(12-17(23)19(21)27)20(28)22-15-5-7-16(8-6-15)24-10-3-2-4-18(24)26/h2-8,10,12,14,17H,9,11H2,1H3,(H2,21,27)(H,22,28). The first-order valence-corrected chi connectivity index (χ1v) is 8.87. The molecule has 0 saturated carbocycles. The minimum Gasteiger partial charge on any atom is -0.368 e. The fourth-order valence-corrected chi connectivity index (χ4v) is 3.24. The highest BCUT2D eigenvalue weighted by Gasteiger charge is 2.36. The fraction of sp³-hybridized carbons (Fsp3) is 0.250. The van der Waals surface area contributed by atoms with Gasteiger partial charge in [-0.2, -0.15) is 0 Å². The SMILES string of the molecule is CC(=O)N1CCC(C(=O)Nc2ccc(-n3ccccc3=O)cc2)[CH]C1C(N)=O. The number of nitrogens with one attached hydrogen (secondary N) is 1. The Labute approximate surface area is 161 Å². The first-order valence-electron chi connectivity index (χ1n) is 8.87.